The lowest BCUT2D eigenvalue weighted by molar-refractivity contribution is -0.0498. The van der Waals surface area contributed by atoms with Crippen molar-refractivity contribution in [2.45, 2.75) is 51.2 Å². The first-order valence-electron chi connectivity index (χ1n) is 14.8. The van der Waals surface area contributed by atoms with Gasteiger partial charge in [-0.05, 0) is 60.2 Å². The standard InChI is InChI=1S/C33H34F2N6O3S/c1-20(2)26-14-13-25(43-3)17-29(26)40-15-4-16-45-33(40)38-32(42)37-28-18-27(28)21-5-7-22(8-6-21)30-36-19-41(39-30)23-9-11-24(12-10-23)44-31(34)35/h5-14,17,19-20,27-28,31H,4,15-16,18H2,1-3H3,(H,37,42)/b38-33-. The van der Waals surface area contributed by atoms with Crippen LogP contribution in [-0.2, 0) is 0 Å². The van der Waals surface area contributed by atoms with Crippen molar-refractivity contribution in [3.05, 3.63) is 84.2 Å². The molecule has 2 aliphatic rings. The molecule has 45 heavy (non-hydrogen) atoms. The number of hydrogen-bond acceptors (Lipinski definition) is 6. The zero-order chi connectivity index (χ0) is 31.5. The highest BCUT2D eigenvalue weighted by Crippen LogP contribution is 2.41. The normalized spacial score (nSPS) is 18.8. The Morgan fingerprint density at radius 3 is 2.53 bits per heavy atom. The van der Waals surface area contributed by atoms with Crippen LogP contribution in [-0.4, -0.2) is 58.0 Å². The third-order valence-corrected chi connectivity index (χ3v) is 8.91. The van der Waals surface area contributed by atoms with Gasteiger partial charge < -0.3 is 19.7 Å². The van der Waals surface area contributed by atoms with Crippen LogP contribution in [0.1, 0.15) is 49.7 Å². The number of amidine groups is 1. The van der Waals surface area contributed by atoms with Crippen molar-refractivity contribution in [1.29, 1.82) is 0 Å². The Morgan fingerprint density at radius 2 is 1.82 bits per heavy atom. The third kappa shape index (κ3) is 7.11. The summed E-state index contributed by atoms with van der Waals surface area (Å²) in [6.45, 7) is 2.24. The number of nitrogens with zero attached hydrogens (tertiary/aromatic N) is 5. The number of aromatic nitrogens is 3. The first kappa shape index (κ1) is 30.6. The molecule has 0 spiro atoms. The van der Waals surface area contributed by atoms with Crippen LogP contribution >= 0.6 is 11.8 Å². The average Bonchev–Trinajstić information content (AvgIpc) is 3.62. The summed E-state index contributed by atoms with van der Waals surface area (Å²) in [6.07, 6.45) is 3.42. The van der Waals surface area contributed by atoms with Crippen LogP contribution in [0.4, 0.5) is 19.3 Å². The number of rotatable bonds is 9. The number of methoxy groups -OCH3 is 1. The molecule has 0 radical (unpaired) electrons. The number of benzene rings is 3. The number of carbonyl (C=O) groups is 1. The summed E-state index contributed by atoms with van der Waals surface area (Å²) in [6, 6.07) is 20.0. The van der Waals surface area contributed by atoms with Crippen LogP contribution in [0.2, 0.25) is 0 Å². The van der Waals surface area contributed by atoms with Gasteiger partial charge in [0.25, 0.3) is 0 Å². The molecular formula is C33H34F2N6O3S. The Labute approximate surface area is 264 Å². The Kier molecular flexibility index (Phi) is 9.02. The van der Waals surface area contributed by atoms with E-state index in [-0.39, 0.29) is 23.7 Å². The van der Waals surface area contributed by atoms with Crippen LogP contribution in [0, 0.1) is 0 Å². The Balaban J connectivity index is 1.08. The van der Waals surface area contributed by atoms with Crippen molar-refractivity contribution in [2.75, 3.05) is 24.3 Å². The second kappa shape index (κ2) is 13.3. The summed E-state index contributed by atoms with van der Waals surface area (Å²) in [7, 11) is 1.66. The predicted molar refractivity (Wildman–Crippen MR) is 172 cm³/mol. The summed E-state index contributed by atoms with van der Waals surface area (Å²) in [4.78, 5) is 24.1. The van der Waals surface area contributed by atoms with E-state index in [0.29, 0.717) is 22.6 Å². The lowest BCUT2D eigenvalue weighted by Crippen LogP contribution is -2.36. The van der Waals surface area contributed by atoms with Gasteiger partial charge in [-0.25, -0.2) is 14.5 Å². The van der Waals surface area contributed by atoms with Crippen LogP contribution in [0.15, 0.2) is 78.0 Å². The summed E-state index contributed by atoms with van der Waals surface area (Å²) in [5.74, 6) is 2.83. The second-order valence-electron chi connectivity index (χ2n) is 11.2. The molecule has 1 aliphatic carbocycles. The highest BCUT2D eigenvalue weighted by Gasteiger charge is 2.39. The van der Waals surface area contributed by atoms with E-state index in [1.54, 1.807) is 42.0 Å². The summed E-state index contributed by atoms with van der Waals surface area (Å²) in [5.41, 5.74) is 4.86. The first-order valence-corrected chi connectivity index (χ1v) is 15.8. The van der Waals surface area contributed by atoms with E-state index in [1.165, 1.54) is 17.7 Å². The van der Waals surface area contributed by atoms with Crippen molar-refractivity contribution in [1.82, 2.24) is 20.1 Å². The highest BCUT2D eigenvalue weighted by atomic mass is 32.2. The monoisotopic (exact) mass is 632 g/mol. The fraction of sp³-hybridized carbons (Fsp3) is 0.333. The molecule has 9 nitrogen and oxygen atoms in total. The number of aliphatic imine (C=N–C) groups is 1. The van der Waals surface area contributed by atoms with Crippen molar-refractivity contribution < 1.29 is 23.0 Å². The maximum Gasteiger partial charge on any atom is 0.387 e. The summed E-state index contributed by atoms with van der Waals surface area (Å²) >= 11 is 1.60. The van der Waals surface area contributed by atoms with Crippen LogP contribution in [0.3, 0.4) is 0 Å². The van der Waals surface area contributed by atoms with Gasteiger partial charge in [0, 0.05) is 41.6 Å². The van der Waals surface area contributed by atoms with E-state index in [0.717, 1.165) is 47.7 Å². The molecule has 6 rings (SSSR count). The van der Waals surface area contributed by atoms with E-state index in [4.69, 9.17) is 4.74 Å². The number of amides is 2. The molecular weight excluding hydrogens is 598 g/mol. The van der Waals surface area contributed by atoms with Crippen molar-refractivity contribution in [3.8, 4) is 28.6 Å². The fourth-order valence-electron chi connectivity index (χ4n) is 5.43. The van der Waals surface area contributed by atoms with Crippen LogP contribution < -0.4 is 19.7 Å². The number of ether oxygens (including phenoxy) is 2. The van der Waals surface area contributed by atoms with E-state index < -0.39 is 6.61 Å². The summed E-state index contributed by atoms with van der Waals surface area (Å²) in [5, 5.41) is 8.33. The molecule has 2 unspecified atom stereocenters. The molecule has 1 aliphatic heterocycles. The maximum atomic E-state index is 13.1. The molecule has 4 aromatic rings. The van der Waals surface area contributed by atoms with E-state index in [9.17, 15) is 13.6 Å². The molecule has 2 amide bonds. The quantitative estimate of drug-likeness (QED) is 0.208. The minimum atomic E-state index is -2.87. The molecule has 1 N–H and O–H groups in total. The number of nitrogens with one attached hydrogen (secondary N) is 1. The Hall–Kier alpha value is -4.45. The largest absolute Gasteiger partial charge is 0.497 e. The zero-order valence-corrected chi connectivity index (χ0v) is 26.0. The molecule has 1 aromatic heterocycles. The van der Waals surface area contributed by atoms with E-state index in [1.807, 2.05) is 36.4 Å². The predicted octanol–water partition coefficient (Wildman–Crippen LogP) is 7.23. The fourth-order valence-corrected chi connectivity index (χ4v) is 6.38. The van der Waals surface area contributed by atoms with E-state index >= 15 is 0 Å². The lowest BCUT2D eigenvalue weighted by atomic mass is 10.00. The van der Waals surface area contributed by atoms with Gasteiger partial charge in [0.2, 0.25) is 0 Å². The SMILES string of the molecule is COc1ccc(C(C)C)c(N2CCCS/C2=N\C(=O)NC2CC2c2ccc(-c3ncn(-c4ccc(OC(F)F)cc4)n3)cc2)c1. The average molecular weight is 633 g/mol. The van der Waals surface area contributed by atoms with Crippen molar-refractivity contribution >= 4 is 28.6 Å². The highest BCUT2D eigenvalue weighted by molar-refractivity contribution is 8.14. The number of carbonyl (C=O) groups excluding carboxylic acids is 1. The van der Waals surface area contributed by atoms with Crippen LogP contribution in [0.5, 0.6) is 11.5 Å². The molecule has 3 aromatic carbocycles. The number of urea groups is 1. The van der Waals surface area contributed by atoms with Gasteiger partial charge in [-0.3, -0.25) is 0 Å². The third-order valence-electron chi connectivity index (χ3n) is 7.85. The first-order chi connectivity index (χ1) is 21.8. The zero-order valence-electron chi connectivity index (χ0n) is 25.2. The smallest absolute Gasteiger partial charge is 0.387 e. The molecule has 12 heteroatoms. The van der Waals surface area contributed by atoms with Gasteiger partial charge in [0.05, 0.1) is 12.8 Å². The molecule has 1 saturated heterocycles. The van der Waals surface area contributed by atoms with Gasteiger partial charge in [0.15, 0.2) is 11.0 Å². The van der Waals surface area contributed by atoms with E-state index in [2.05, 4.69) is 49.9 Å². The van der Waals surface area contributed by atoms with Gasteiger partial charge >= 0.3 is 12.6 Å². The topological polar surface area (TPSA) is 93.9 Å². The number of hydrogen-bond donors (Lipinski definition) is 1. The minimum absolute atomic E-state index is 0.0205. The number of halogens is 2. The molecule has 2 atom stereocenters. The maximum absolute atomic E-state index is 13.1. The number of anilines is 1. The van der Waals surface area contributed by atoms with Crippen LogP contribution in [0.25, 0.3) is 17.1 Å². The molecule has 234 valence electrons. The minimum Gasteiger partial charge on any atom is -0.497 e. The molecule has 2 fully saturated rings. The molecule has 1 saturated carbocycles. The van der Waals surface area contributed by atoms with Gasteiger partial charge in [-0.2, -0.15) is 13.8 Å². The molecule has 2 heterocycles. The van der Waals surface area contributed by atoms with Crippen molar-refractivity contribution in [2.24, 2.45) is 4.99 Å². The lowest BCUT2D eigenvalue weighted by Gasteiger charge is -2.32. The van der Waals surface area contributed by atoms with Crippen molar-refractivity contribution in [3.63, 3.8) is 0 Å². The molecule has 0 bridgehead atoms. The summed E-state index contributed by atoms with van der Waals surface area (Å²) < 4.78 is 36.3. The second-order valence-corrected chi connectivity index (χ2v) is 12.3. The van der Waals surface area contributed by atoms with Gasteiger partial charge in [0.1, 0.15) is 17.8 Å². The Morgan fingerprint density at radius 1 is 1.07 bits per heavy atom. The number of alkyl halides is 2. The number of thioether (sulfide) groups is 1. The Bertz CT molecular complexity index is 1680. The van der Waals surface area contributed by atoms with Gasteiger partial charge in [-0.1, -0.05) is 55.9 Å². The van der Waals surface area contributed by atoms with Gasteiger partial charge in [-0.15, -0.1) is 5.10 Å².